The SMILES string of the molecule is [B][C@@H]1O[C@H](COC)C(OP(C)(=O)[O-])[C@@H]1OCOCCC=O. The monoisotopic (exact) mass is 321 g/mol. The Labute approximate surface area is 125 Å². The third-order valence-electron chi connectivity index (χ3n) is 2.71. The van der Waals surface area contributed by atoms with Gasteiger partial charge in [-0.25, -0.2) is 0 Å². The zero-order valence-corrected chi connectivity index (χ0v) is 12.9. The number of ether oxygens (including phenoxy) is 4. The molecule has 0 aromatic rings. The molecule has 2 unspecified atom stereocenters. The van der Waals surface area contributed by atoms with Crippen molar-refractivity contribution >= 4 is 21.7 Å². The largest absolute Gasteiger partial charge is 0.779 e. The van der Waals surface area contributed by atoms with Gasteiger partial charge in [0, 0.05) is 26.2 Å². The molecular weight excluding hydrogens is 302 g/mol. The van der Waals surface area contributed by atoms with E-state index in [-0.39, 0.29) is 26.4 Å². The van der Waals surface area contributed by atoms with Crippen molar-refractivity contribution in [2.75, 3.05) is 33.8 Å². The molecule has 0 bridgehead atoms. The maximum absolute atomic E-state index is 11.3. The highest BCUT2D eigenvalue weighted by Crippen LogP contribution is 2.39. The Balaban J connectivity index is 2.59. The minimum absolute atomic E-state index is 0.115. The van der Waals surface area contributed by atoms with Gasteiger partial charge in [0.2, 0.25) is 0 Å². The molecule has 1 fully saturated rings. The number of methoxy groups -OCH3 is 1. The molecule has 2 radical (unpaired) electrons. The van der Waals surface area contributed by atoms with Crippen molar-refractivity contribution in [1.82, 2.24) is 0 Å². The standard InChI is InChI=1S/C11H20BO8P/c1-16-6-8-9(20-21(2,14)15)10(11(12)19-8)18-7-17-5-3-4-13/h4,8-11H,3,5-7H2,1-2H3,(H,14,15)/p-1/t8-,9?,10+,11-/m1/s1. The molecule has 0 aromatic carbocycles. The molecule has 1 aliphatic rings. The summed E-state index contributed by atoms with van der Waals surface area (Å²) in [6.07, 6.45) is -1.43. The van der Waals surface area contributed by atoms with Crippen LogP contribution in [0.25, 0.3) is 0 Å². The molecule has 1 aliphatic heterocycles. The summed E-state index contributed by atoms with van der Waals surface area (Å²) in [5.41, 5.74) is 0. The average Bonchev–Trinajstić information content (AvgIpc) is 2.65. The van der Waals surface area contributed by atoms with Gasteiger partial charge in [0.05, 0.1) is 13.2 Å². The molecule has 8 nitrogen and oxygen atoms in total. The molecule has 0 aromatic heterocycles. The van der Waals surface area contributed by atoms with Crippen LogP contribution in [0, 0.1) is 0 Å². The van der Waals surface area contributed by atoms with Gasteiger partial charge >= 0.3 is 0 Å². The predicted octanol–water partition coefficient (Wildman–Crippen LogP) is -0.957. The fraction of sp³-hybridized carbons (Fsp3) is 0.909. The summed E-state index contributed by atoms with van der Waals surface area (Å²) >= 11 is 0. The van der Waals surface area contributed by atoms with E-state index >= 15 is 0 Å². The molecule has 21 heavy (non-hydrogen) atoms. The molecular formula is C11H19BO8P-. The van der Waals surface area contributed by atoms with Gasteiger partial charge < -0.3 is 37.7 Å². The molecule has 0 saturated carbocycles. The van der Waals surface area contributed by atoms with Crippen LogP contribution in [-0.2, 0) is 32.8 Å². The quantitative estimate of drug-likeness (QED) is 0.167. The number of carbonyl (C=O) groups is 1. The smallest absolute Gasteiger partial charge is 0.147 e. The molecule has 0 aliphatic carbocycles. The summed E-state index contributed by atoms with van der Waals surface area (Å²) < 4.78 is 37.1. The lowest BCUT2D eigenvalue weighted by Crippen LogP contribution is -2.39. The van der Waals surface area contributed by atoms with Crippen molar-refractivity contribution in [2.24, 2.45) is 0 Å². The van der Waals surface area contributed by atoms with Gasteiger partial charge in [0.15, 0.2) is 0 Å². The molecule has 1 saturated heterocycles. The lowest BCUT2D eigenvalue weighted by atomic mass is 9.93. The molecule has 0 spiro atoms. The van der Waals surface area contributed by atoms with E-state index in [0.717, 1.165) is 13.0 Å². The van der Waals surface area contributed by atoms with E-state index in [1.54, 1.807) is 0 Å². The predicted molar refractivity (Wildman–Crippen MR) is 71.1 cm³/mol. The fourth-order valence-corrected chi connectivity index (χ4v) is 2.61. The minimum atomic E-state index is -4.00. The second kappa shape index (κ2) is 9.00. The third kappa shape index (κ3) is 6.56. The van der Waals surface area contributed by atoms with Crippen LogP contribution >= 0.6 is 7.60 Å². The highest BCUT2D eigenvalue weighted by atomic mass is 31.2. The first-order valence-electron chi connectivity index (χ1n) is 6.39. The summed E-state index contributed by atoms with van der Waals surface area (Å²) in [7, 11) is 3.22. The summed E-state index contributed by atoms with van der Waals surface area (Å²) in [6, 6.07) is -0.864. The number of hydrogen-bond acceptors (Lipinski definition) is 8. The Morgan fingerprint density at radius 1 is 1.43 bits per heavy atom. The van der Waals surface area contributed by atoms with Gasteiger partial charge in [-0.15, -0.1) is 0 Å². The maximum atomic E-state index is 11.3. The number of aldehydes is 1. The van der Waals surface area contributed by atoms with Gasteiger partial charge in [-0.1, -0.05) is 0 Å². The molecule has 1 rings (SSSR count). The molecule has 0 N–H and O–H groups in total. The Morgan fingerprint density at radius 2 is 2.14 bits per heavy atom. The van der Waals surface area contributed by atoms with Crippen molar-refractivity contribution in [3.8, 4) is 0 Å². The third-order valence-corrected chi connectivity index (χ3v) is 3.34. The van der Waals surface area contributed by atoms with Crippen LogP contribution in [0.4, 0.5) is 0 Å². The van der Waals surface area contributed by atoms with Crippen LogP contribution in [0.3, 0.4) is 0 Å². The highest BCUT2D eigenvalue weighted by molar-refractivity contribution is 7.50. The first kappa shape index (κ1) is 18.8. The van der Waals surface area contributed by atoms with Crippen molar-refractivity contribution in [3.63, 3.8) is 0 Å². The first-order chi connectivity index (χ1) is 9.89. The lowest BCUT2D eigenvalue weighted by molar-refractivity contribution is -0.207. The van der Waals surface area contributed by atoms with Crippen molar-refractivity contribution in [1.29, 1.82) is 0 Å². The Hall–Kier alpha value is -0.275. The van der Waals surface area contributed by atoms with E-state index in [9.17, 15) is 14.3 Å². The van der Waals surface area contributed by atoms with Crippen LogP contribution in [0.5, 0.6) is 0 Å². The second-order valence-electron chi connectivity index (χ2n) is 4.55. The summed E-state index contributed by atoms with van der Waals surface area (Å²) in [5.74, 6) is 0. The van der Waals surface area contributed by atoms with E-state index in [4.69, 9.17) is 31.3 Å². The van der Waals surface area contributed by atoms with E-state index in [0.29, 0.717) is 0 Å². The van der Waals surface area contributed by atoms with Crippen molar-refractivity contribution < 1.29 is 37.7 Å². The normalized spacial score (nSPS) is 32.0. The summed E-state index contributed by atoms with van der Waals surface area (Å²) in [6.45, 7) is 1.12. The Morgan fingerprint density at radius 3 is 2.71 bits per heavy atom. The summed E-state index contributed by atoms with van der Waals surface area (Å²) in [5, 5.41) is 0. The Bertz CT molecular complexity index is 362. The lowest BCUT2D eigenvalue weighted by Gasteiger charge is -2.29. The minimum Gasteiger partial charge on any atom is -0.779 e. The number of carbonyl (C=O) groups excluding carboxylic acids is 1. The average molecular weight is 321 g/mol. The van der Waals surface area contributed by atoms with Gasteiger partial charge in [-0.2, -0.15) is 0 Å². The first-order valence-corrected chi connectivity index (χ1v) is 8.38. The van der Waals surface area contributed by atoms with Gasteiger partial charge in [-0.05, 0) is 0 Å². The van der Waals surface area contributed by atoms with Gasteiger partial charge in [0.25, 0.3) is 0 Å². The number of hydrogen-bond donors (Lipinski definition) is 0. The zero-order valence-electron chi connectivity index (χ0n) is 12.0. The van der Waals surface area contributed by atoms with E-state index in [2.05, 4.69) is 0 Å². The second-order valence-corrected chi connectivity index (χ2v) is 6.30. The molecule has 0 amide bonds. The van der Waals surface area contributed by atoms with Crippen LogP contribution in [0.15, 0.2) is 0 Å². The van der Waals surface area contributed by atoms with Crippen LogP contribution in [0.1, 0.15) is 6.42 Å². The van der Waals surface area contributed by atoms with Gasteiger partial charge in [-0.3, -0.25) is 0 Å². The van der Waals surface area contributed by atoms with Crippen molar-refractivity contribution in [2.45, 2.75) is 30.7 Å². The van der Waals surface area contributed by atoms with Gasteiger partial charge in [0.1, 0.15) is 46.8 Å². The topological polar surface area (TPSA) is 103 Å². The fourth-order valence-electron chi connectivity index (χ4n) is 1.91. The summed E-state index contributed by atoms with van der Waals surface area (Å²) in [4.78, 5) is 21.5. The molecule has 10 heteroatoms. The zero-order chi connectivity index (χ0) is 15.9. The molecule has 1 heterocycles. The Kier molecular flexibility index (Phi) is 8.04. The van der Waals surface area contributed by atoms with Crippen molar-refractivity contribution in [3.05, 3.63) is 0 Å². The van der Waals surface area contributed by atoms with E-state index in [1.807, 2.05) is 0 Å². The molecule has 120 valence electrons. The van der Waals surface area contributed by atoms with Crippen LogP contribution in [0.2, 0.25) is 0 Å². The van der Waals surface area contributed by atoms with E-state index < -0.39 is 31.9 Å². The van der Waals surface area contributed by atoms with Crippen LogP contribution in [-0.4, -0.2) is 72.2 Å². The highest BCUT2D eigenvalue weighted by Gasteiger charge is 2.44. The molecule has 5 atom stereocenters. The maximum Gasteiger partial charge on any atom is 0.147 e. The van der Waals surface area contributed by atoms with Crippen LogP contribution < -0.4 is 4.89 Å². The number of rotatable bonds is 10. The van der Waals surface area contributed by atoms with E-state index in [1.165, 1.54) is 7.11 Å².